The summed E-state index contributed by atoms with van der Waals surface area (Å²) < 4.78 is 1.30. The van der Waals surface area contributed by atoms with Crippen molar-refractivity contribution in [2.75, 3.05) is 0 Å². The lowest BCUT2D eigenvalue weighted by Crippen LogP contribution is -2.14. The standard InChI is InChI=1S/C18H18OS/c1-13-6-2-3-7-14(13)10-16(19)11-15-12-20-18-9-5-4-8-17(15)18/h2-9,12,16,19H,10-11H2,1H3. The van der Waals surface area contributed by atoms with E-state index in [4.69, 9.17) is 0 Å². The van der Waals surface area contributed by atoms with E-state index in [-0.39, 0.29) is 6.10 Å². The lowest BCUT2D eigenvalue weighted by Gasteiger charge is -2.12. The summed E-state index contributed by atoms with van der Waals surface area (Å²) in [6, 6.07) is 16.7. The zero-order chi connectivity index (χ0) is 13.9. The van der Waals surface area contributed by atoms with Crippen LogP contribution in [0.1, 0.15) is 16.7 Å². The van der Waals surface area contributed by atoms with Crippen molar-refractivity contribution < 1.29 is 5.11 Å². The third-order valence-electron chi connectivity index (χ3n) is 3.73. The van der Waals surface area contributed by atoms with Crippen LogP contribution in [0.15, 0.2) is 53.9 Å². The first-order valence-electron chi connectivity index (χ1n) is 6.92. The van der Waals surface area contributed by atoms with Crippen LogP contribution in [0.25, 0.3) is 10.1 Å². The van der Waals surface area contributed by atoms with E-state index in [1.807, 2.05) is 12.1 Å². The molecule has 0 saturated heterocycles. The van der Waals surface area contributed by atoms with Crippen LogP contribution >= 0.6 is 11.3 Å². The summed E-state index contributed by atoms with van der Waals surface area (Å²) in [6.07, 6.45) is 1.11. The Morgan fingerprint density at radius 1 is 0.950 bits per heavy atom. The second-order valence-electron chi connectivity index (χ2n) is 5.25. The van der Waals surface area contributed by atoms with Crippen molar-refractivity contribution in [1.82, 2.24) is 0 Å². The third-order valence-corrected chi connectivity index (χ3v) is 4.75. The Morgan fingerprint density at radius 2 is 1.65 bits per heavy atom. The maximum atomic E-state index is 10.4. The van der Waals surface area contributed by atoms with Crippen LogP contribution in [0.2, 0.25) is 0 Å². The van der Waals surface area contributed by atoms with Crippen LogP contribution in [-0.4, -0.2) is 11.2 Å². The Labute approximate surface area is 123 Å². The summed E-state index contributed by atoms with van der Waals surface area (Å²) in [7, 11) is 0. The minimum atomic E-state index is -0.325. The summed E-state index contributed by atoms with van der Waals surface area (Å²) in [4.78, 5) is 0. The molecule has 0 radical (unpaired) electrons. The van der Waals surface area contributed by atoms with Gasteiger partial charge >= 0.3 is 0 Å². The molecule has 0 amide bonds. The topological polar surface area (TPSA) is 20.2 Å². The Bertz CT molecular complexity index is 714. The normalized spacial score (nSPS) is 12.7. The number of hydrogen-bond donors (Lipinski definition) is 1. The molecule has 102 valence electrons. The predicted molar refractivity (Wildman–Crippen MR) is 86.4 cm³/mol. The molecule has 2 heteroatoms. The fraction of sp³-hybridized carbons (Fsp3) is 0.222. The van der Waals surface area contributed by atoms with Gasteiger partial charge in [0.1, 0.15) is 0 Å². The molecule has 0 aliphatic carbocycles. The van der Waals surface area contributed by atoms with Gasteiger partial charge in [-0.1, -0.05) is 42.5 Å². The van der Waals surface area contributed by atoms with Crippen LogP contribution in [0.5, 0.6) is 0 Å². The molecular formula is C18H18OS. The number of hydrogen-bond acceptors (Lipinski definition) is 2. The van der Waals surface area contributed by atoms with Crippen LogP contribution < -0.4 is 0 Å². The molecule has 1 unspecified atom stereocenters. The molecule has 0 aliphatic heterocycles. The molecule has 20 heavy (non-hydrogen) atoms. The number of fused-ring (bicyclic) bond motifs is 1. The molecule has 0 bridgehead atoms. The SMILES string of the molecule is Cc1ccccc1CC(O)Cc1csc2ccccc12. The van der Waals surface area contributed by atoms with Crippen molar-refractivity contribution in [1.29, 1.82) is 0 Å². The minimum Gasteiger partial charge on any atom is -0.392 e. The molecule has 0 spiro atoms. The van der Waals surface area contributed by atoms with E-state index in [0.717, 1.165) is 12.8 Å². The van der Waals surface area contributed by atoms with Gasteiger partial charge in [0, 0.05) is 11.1 Å². The molecule has 0 fully saturated rings. The molecule has 1 atom stereocenters. The van der Waals surface area contributed by atoms with Gasteiger partial charge in [0.05, 0.1) is 6.10 Å². The fourth-order valence-electron chi connectivity index (χ4n) is 2.61. The molecule has 3 rings (SSSR count). The van der Waals surface area contributed by atoms with E-state index in [1.165, 1.54) is 26.8 Å². The smallest absolute Gasteiger partial charge is 0.0621 e. The van der Waals surface area contributed by atoms with Gasteiger partial charge in [-0.25, -0.2) is 0 Å². The predicted octanol–water partition coefficient (Wildman–Crippen LogP) is 4.36. The Balaban J connectivity index is 1.76. The molecule has 0 aliphatic rings. The summed E-state index contributed by atoms with van der Waals surface area (Å²) in [6.45, 7) is 2.10. The van der Waals surface area contributed by atoms with Gasteiger partial charge in [-0.2, -0.15) is 0 Å². The fourth-order valence-corrected chi connectivity index (χ4v) is 3.59. The lowest BCUT2D eigenvalue weighted by atomic mass is 9.98. The van der Waals surface area contributed by atoms with E-state index in [0.29, 0.717) is 0 Å². The van der Waals surface area contributed by atoms with Crippen LogP contribution in [0.4, 0.5) is 0 Å². The van der Waals surface area contributed by atoms with E-state index in [1.54, 1.807) is 11.3 Å². The Morgan fingerprint density at radius 3 is 2.50 bits per heavy atom. The highest BCUT2D eigenvalue weighted by Gasteiger charge is 2.11. The highest BCUT2D eigenvalue weighted by molar-refractivity contribution is 7.17. The number of aliphatic hydroxyl groups excluding tert-OH is 1. The van der Waals surface area contributed by atoms with E-state index >= 15 is 0 Å². The van der Waals surface area contributed by atoms with E-state index < -0.39 is 0 Å². The number of thiophene rings is 1. The number of aliphatic hydroxyl groups is 1. The largest absolute Gasteiger partial charge is 0.392 e. The minimum absolute atomic E-state index is 0.325. The molecule has 1 aromatic heterocycles. The van der Waals surface area contributed by atoms with Crippen LogP contribution in [0, 0.1) is 6.92 Å². The van der Waals surface area contributed by atoms with Crippen molar-refractivity contribution in [3.05, 3.63) is 70.6 Å². The molecule has 1 heterocycles. The quantitative estimate of drug-likeness (QED) is 0.754. The van der Waals surface area contributed by atoms with E-state index in [2.05, 4.69) is 48.7 Å². The maximum absolute atomic E-state index is 10.4. The third kappa shape index (κ3) is 2.77. The van der Waals surface area contributed by atoms with Gasteiger partial charge in [0.2, 0.25) is 0 Å². The van der Waals surface area contributed by atoms with Crippen molar-refractivity contribution in [3.8, 4) is 0 Å². The van der Waals surface area contributed by atoms with Gasteiger partial charge in [0.15, 0.2) is 0 Å². The highest BCUT2D eigenvalue weighted by Crippen LogP contribution is 2.27. The first-order chi connectivity index (χ1) is 9.74. The van der Waals surface area contributed by atoms with Gasteiger partial charge in [-0.3, -0.25) is 0 Å². The zero-order valence-corrected chi connectivity index (χ0v) is 12.4. The van der Waals surface area contributed by atoms with Crippen LogP contribution in [0.3, 0.4) is 0 Å². The lowest BCUT2D eigenvalue weighted by molar-refractivity contribution is 0.175. The Kier molecular flexibility index (Phi) is 3.86. The second kappa shape index (κ2) is 5.78. The molecular weight excluding hydrogens is 264 g/mol. The van der Waals surface area contributed by atoms with Crippen molar-refractivity contribution in [2.45, 2.75) is 25.9 Å². The Hall–Kier alpha value is -1.64. The average molecular weight is 282 g/mol. The van der Waals surface area contributed by atoms with E-state index in [9.17, 15) is 5.11 Å². The van der Waals surface area contributed by atoms with Crippen LogP contribution in [-0.2, 0) is 12.8 Å². The summed E-state index contributed by atoms with van der Waals surface area (Å²) in [5.74, 6) is 0. The van der Waals surface area contributed by atoms with Gasteiger partial charge in [0.25, 0.3) is 0 Å². The monoisotopic (exact) mass is 282 g/mol. The van der Waals surface area contributed by atoms with Crippen molar-refractivity contribution in [3.63, 3.8) is 0 Å². The first-order valence-corrected chi connectivity index (χ1v) is 7.79. The highest BCUT2D eigenvalue weighted by atomic mass is 32.1. The average Bonchev–Trinajstić information content (AvgIpc) is 2.85. The number of aryl methyl sites for hydroxylation is 1. The molecule has 1 N–H and O–H groups in total. The molecule has 3 aromatic rings. The van der Waals surface area contributed by atoms with Gasteiger partial charge in [-0.15, -0.1) is 11.3 Å². The molecule has 0 saturated carbocycles. The summed E-state index contributed by atoms with van der Waals surface area (Å²) >= 11 is 1.75. The van der Waals surface area contributed by atoms with Gasteiger partial charge < -0.3 is 5.11 Å². The molecule has 1 nitrogen and oxygen atoms in total. The van der Waals surface area contributed by atoms with Crippen molar-refractivity contribution in [2.24, 2.45) is 0 Å². The number of benzene rings is 2. The molecule has 2 aromatic carbocycles. The second-order valence-corrected chi connectivity index (χ2v) is 6.16. The maximum Gasteiger partial charge on any atom is 0.0621 e. The zero-order valence-electron chi connectivity index (χ0n) is 11.5. The first kappa shape index (κ1) is 13.3. The number of rotatable bonds is 4. The summed E-state index contributed by atoms with van der Waals surface area (Å²) in [5.41, 5.74) is 3.74. The van der Waals surface area contributed by atoms with Crippen molar-refractivity contribution >= 4 is 21.4 Å². The van der Waals surface area contributed by atoms with Gasteiger partial charge in [-0.05, 0) is 46.9 Å². The summed E-state index contributed by atoms with van der Waals surface area (Å²) in [5, 5.41) is 13.8.